The molecule has 0 saturated heterocycles. The van der Waals surface area contributed by atoms with Gasteiger partial charge >= 0.3 is 8.26 Å². The molecule has 0 aliphatic carbocycles. The largest absolute Gasteiger partial charge is 0.317 e. The van der Waals surface area contributed by atoms with Crippen molar-refractivity contribution in [3.05, 3.63) is 39.9 Å². The van der Waals surface area contributed by atoms with Gasteiger partial charge in [0.1, 0.15) is 0 Å². The second-order valence-electron chi connectivity index (χ2n) is 2.30. The maximum Gasteiger partial charge on any atom is 0.317 e. The van der Waals surface area contributed by atoms with Crippen molar-refractivity contribution in [2.24, 2.45) is 0 Å². The Morgan fingerprint density at radius 2 is 1.88 bits per heavy atom. The molecule has 0 aromatic heterocycles. The number of benzene rings is 1. The predicted molar refractivity (Wildman–Crippen MR) is 58.4 cm³/mol. The summed E-state index contributed by atoms with van der Waals surface area (Å²) in [5.74, 6) is 0. The number of hydrogen-bond donors (Lipinski definition) is 0. The van der Waals surface area contributed by atoms with Gasteiger partial charge in [0.05, 0.1) is 16.6 Å². The highest BCUT2D eigenvalue weighted by atomic mass is 36.0. The van der Waals surface area contributed by atoms with E-state index in [2.05, 4.69) is 21.4 Å². The molecule has 9 heteroatoms. The Labute approximate surface area is 100 Å². The summed E-state index contributed by atoms with van der Waals surface area (Å²) < 4.78 is 18.3. The van der Waals surface area contributed by atoms with Crippen molar-refractivity contribution in [1.29, 1.82) is 5.26 Å². The number of hydrogen-bond acceptors (Lipinski definition) is 5. The van der Waals surface area contributed by atoms with Gasteiger partial charge in [-0.3, -0.25) is 10.1 Å². The molecule has 86 valence electrons. The van der Waals surface area contributed by atoms with Crippen molar-refractivity contribution in [3.63, 3.8) is 0 Å². The monoisotopic (exact) mass is 282 g/mol. The van der Waals surface area contributed by atoms with Gasteiger partial charge in [-0.25, -0.2) is 0 Å². The van der Waals surface area contributed by atoms with Gasteiger partial charge in [-0.1, -0.05) is 6.07 Å². The van der Waals surface area contributed by atoms with E-state index in [1.54, 1.807) is 0 Å². The van der Waals surface area contributed by atoms with E-state index < -0.39 is 13.2 Å². The Bertz CT molecular complexity index is 515. The van der Waals surface area contributed by atoms with Crippen molar-refractivity contribution < 1.29 is 13.3 Å². The number of halogens is 2. The summed E-state index contributed by atoms with van der Waals surface area (Å²) in [4.78, 5) is 9.64. The van der Waals surface area contributed by atoms with Gasteiger partial charge in [-0.15, -0.1) is 0 Å². The minimum absolute atomic E-state index is 0.0518. The van der Waals surface area contributed by atoms with Crippen LogP contribution in [-0.4, -0.2) is 13.3 Å². The topological polar surface area (TPSA) is 101 Å². The summed E-state index contributed by atoms with van der Waals surface area (Å²) in [5.41, 5.74) is 0.253. The van der Waals surface area contributed by atoms with Crippen LogP contribution in [0.1, 0.15) is 5.56 Å². The van der Waals surface area contributed by atoms with Crippen LogP contribution in [0.4, 0.5) is 5.69 Å². The van der Waals surface area contributed by atoms with E-state index in [1.807, 2.05) is 6.07 Å². The number of nitro groups is 1. The van der Waals surface area contributed by atoms with Gasteiger partial charge in [0.15, 0.2) is 0 Å². The number of nitriles is 1. The van der Waals surface area contributed by atoms with E-state index in [1.165, 1.54) is 24.3 Å². The van der Waals surface area contributed by atoms with Gasteiger partial charge in [0.2, 0.25) is 0 Å². The van der Waals surface area contributed by atoms with Gasteiger partial charge in [-0.05, 0) is 6.07 Å². The van der Waals surface area contributed by atoms with Crippen molar-refractivity contribution in [1.82, 2.24) is 0 Å². The van der Waals surface area contributed by atoms with Crippen molar-refractivity contribution in [2.45, 2.75) is 0 Å². The molecule has 0 N–H and O–H groups in total. The number of nitro benzene ring substituents is 1. The maximum atomic E-state index is 10.2. The first-order valence-corrected chi connectivity index (χ1v) is 6.66. The van der Waals surface area contributed by atoms with Crippen LogP contribution in [0.15, 0.2) is 24.3 Å². The molecule has 0 fully saturated rings. The molecule has 0 aliphatic heterocycles. The molecule has 16 heavy (non-hydrogen) atoms. The second kappa shape index (κ2) is 6.27. The molecular formula is C7H4Cl2N2O4S. The highest BCUT2D eigenvalue weighted by Crippen LogP contribution is 2.11. The molecule has 0 unspecified atom stereocenters. The lowest BCUT2D eigenvalue weighted by molar-refractivity contribution is -0.384. The Morgan fingerprint density at radius 1 is 1.38 bits per heavy atom. The molecular weight excluding hydrogens is 279 g/mol. The smallest absolute Gasteiger partial charge is 0.258 e. The molecule has 1 rings (SSSR count). The first-order chi connectivity index (χ1) is 7.24. The summed E-state index contributed by atoms with van der Waals surface area (Å²) in [6.45, 7) is 0. The third-order valence-electron chi connectivity index (χ3n) is 1.19. The van der Waals surface area contributed by atoms with Gasteiger partial charge in [0.25, 0.3) is 5.69 Å². The van der Waals surface area contributed by atoms with Crippen molar-refractivity contribution >= 4 is 35.3 Å². The van der Waals surface area contributed by atoms with Crippen LogP contribution < -0.4 is 0 Å². The zero-order valence-corrected chi connectivity index (χ0v) is 9.83. The van der Waals surface area contributed by atoms with Crippen LogP contribution >= 0.6 is 21.4 Å². The van der Waals surface area contributed by atoms with E-state index >= 15 is 0 Å². The zero-order chi connectivity index (χ0) is 12.8. The molecule has 1 aromatic rings. The third kappa shape index (κ3) is 7.99. The van der Waals surface area contributed by atoms with Crippen molar-refractivity contribution in [2.75, 3.05) is 0 Å². The third-order valence-corrected chi connectivity index (χ3v) is 1.19. The van der Waals surface area contributed by atoms with E-state index in [4.69, 9.17) is 13.7 Å². The Hall–Kier alpha value is -1.36. The van der Waals surface area contributed by atoms with Gasteiger partial charge in [0, 0.05) is 33.5 Å². The Balaban J connectivity index is 0.000000385. The first-order valence-electron chi connectivity index (χ1n) is 3.53. The second-order valence-corrected chi connectivity index (χ2v) is 5.97. The number of non-ortho nitro benzene ring substituents is 1. The molecule has 0 saturated carbocycles. The molecule has 6 nitrogen and oxygen atoms in total. The van der Waals surface area contributed by atoms with Crippen LogP contribution in [0.5, 0.6) is 0 Å². The lowest BCUT2D eigenvalue weighted by Crippen LogP contribution is -1.87. The fourth-order valence-electron chi connectivity index (χ4n) is 0.689. The molecule has 0 radical (unpaired) electrons. The molecule has 0 aliphatic rings. The summed E-state index contributed by atoms with van der Waals surface area (Å²) in [7, 11) is 4.81. The quantitative estimate of drug-likeness (QED) is 0.446. The summed E-state index contributed by atoms with van der Waals surface area (Å²) in [6, 6.07) is 7.41. The van der Waals surface area contributed by atoms with Crippen LogP contribution in [0, 0.1) is 21.4 Å². The lowest BCUT2D eigenvalue weighted by Gasteiger charge is -1.89. The highest BCUT2D eigenvalue weighted by Gasteiger charge is 2.03. The lowest BCUT2D eigenvalue weighted by atomic mass is 10.2. The standard InChI is InChI=1S/C7H4N2O2.Cl2O2S/c8-5-6-2-1-3-7(4-6)9(10)11;1-5(2,3)4/h1-4H;. The van der Waals surface area contributed by atoms with E-state index in [0.29, 0.717) is 5.56 Å². The van der Waals surface area contributed by atoms with E-state index in [9.17, 15) is 10.1 Å². The zero-order valence-electron chi connectivity index (χ0n) is 7.50. The van der Waals surface area contributed by atoms with E-state index in [0.717, 1.165) is 0 Å². The fourth-order valence-corrected chi connectivity index (χ4v) is 0.689. The molecule has 1 aromatic carbocycles. The SMILES string of the molecule is N#Cc1cccc([N+](=O)[O-])c1.O=S(=O)(Cl)Cl. The van der Waals surface area contributed by atoms with Gasteiger partial charge < -0.3 is 0 Å². The van der Waals surface area contributed by atoms with Crippen LogP contribution in [0.3, 0.4) is 0 Å². The average molecular weight is 283 g/mol. The minimum Gasteiger partial charge on any atom is -0.258 e. The number of rotatable bonds is 1. The number of nitrogens with zero attached hydrogens (tertiary/aromatic N) is 2. The minimum atomic E-state index is -3.72. The average Bonchev–Trinajstić information content (AvgIpc) is 2.15. The molecule has 0 bridgehead atoms. The Kier molecular flexibility index (Phi) is 5.74. The summed E-state index contributed by atoms with van der Waals surface area (Å²) >= 11 is 0. The highest BCUT2D eigenvalue weighted by molar-refractivity contribution is 8.31. The van der Waals surface area contributed by atoms with Crippen LogP contribution in [0.25, 0.3) is 0 Å². The maximum absolute atomic E-state index is 10.2. The van der Waals surface area contributed by atoms with Crippen LogP contribution in [-0.2, 0) is 8.26 Å². The van der Waals surface area contributed by atoms with E-state index in [-0.39, 0.29) is 5.69 Å². The normalized spacial score (nSPS) is 9.56. The van der Waals surface area contributed by atoms with Gasteiger partial charge in [-0.2, -0.15) is 13.7 Å². The molecule has 0 heterocycles. The predicted octanol–water partition coefficient (Wildman–Crippen LogP) is 2.18. The Morgan fingerprint density at radius 3 is 2.25 bits per heavy atom. The molecule has 0 amide bonds. The summed E-state index contributed by atoms with van der Waals surface area (Å²) in [5, 5.41) is 18.5. The van der Waals surface area contributed by atoms with Crippen molar-refractivity contribution in [3.8, 4) is 6.07 Å². The summed E-state index contributed by atoms with van der Waals surface area (Å²) in [6.07, 6.45) is 0. The van der Waals surface area contributed by atoms with Crippen LogP contribution in [0.2, 0.25) is 0 Å². The molecule has 0 atom stereocenters. The first kappa shape index (κ1) is 14.6. The molecule has 0 spiro atoms. The fraction of sp³-hybridized carbons (Fsp3) is 0.